The van der Waals surface area contributed by atoms with Gasteiger partial charge in [-0.15, -0.1) is 11.3 Å². The van der Waals surface area contributed by atoms with E-state index in [2.05, 4.69) is 20.3 Å². The zero-order valence-corrected chi connectivity index (χ0v) is 18.2. The average molecular weight is 455 g/mol. The minimum Gasteiger partial charge on any atom is -0.316 e. The van der Waals surface area contributed by atoms with Crippen LogP contribution in [0.5, 0.6) is 0 Å². The first kappa shape index (κ1) is 20.0. The van der Waals surface area contributed by atoms with E-state index in [1.807, 2.05) is 6.07 Å². The molecule has 1 atom stereocenters. The van der Waals surface area contributed by atoms with Gasteiger partial charge in [-0.25, -0.2) is 14.8 Å². The maximum atomic E-state index is 12.8. The quantitative estimate of drug-likeness (QED) is 0.432. The molecule has 11 heteroatoms. The van der Waals surface area contributed by atoms with E-state index in [4.69, 9.17) is 5.26 Å². The number of amides is 1. The summed E-state index contributed by atoms with van der Waals surface area (Å²) in [6.07, 6.45) is 3.68. The number of thioether (sulfide) groups is 1. The van der Waals surface area contributed by atoms with Crippen LogP contribution in [-0.4, -0.2) is 30.7 Å². The van der Waals surface area contributed by atoms with E-state index in [9.17, 15) is 14.4 Å². The molecule has 3 aromatic rings. The molecule has 0 radical (unpaired) electrons. The van der Waals surface area contributed by atoms with Crippen LogP contribution in [0.3, 0.4) is 0 Å². The number of H-pyrrole nitrogens is 1. The summed E-state index contributed by atoms with van der Waals surface area (Å²) in [5.41, 5.74) is -0.236. The number of rotatable bonds is 6. The van der Waals surface area contributed by atoms with Gasteiger partial charge in [-0.05, 0) is 44.1 Å². The number of hydrogen-bond donors (Lipinski definition) is 2. The van der Waals surface area contributed by atoms with Gasteiger partial charge in [-0.3, -0.25) is 19.1 Å². The standard InChI is InChI=1S/C20H18N6O3S2/c1-9(16(27)24-18-11(8-21)6-7-30-18)31-19-13-15(22-14(23-19)10-2-3-10)26(12-4-5-12)20(29)25-17(13)28/h6-7,9-10,12H,2-5H2,1H3,(H,24,27)(H,25,28,29). The third kappa shape index (κ3) is 3.77. The fourth-order valence-electron chi connectivity index (χ4n) is 3.34. The Morgan fingerprint density at radius 1 is 1.35 bits per heavy atom. The van der Waals surface area contributed by atoms with E-state index in [1.165, 1.54) is 11.3 Å². The Kier molecular flexibility index (Phi) is 4.91. The SMILES string of the molecule is CC(Sc1nc(C2CC2)nc2c1c(=O)[nH]c(=O)n2C1CC1)C(=O)Nc1sccc1C#N. The Morgan fingerprint density at radius 2 is 2.13 bits per heavy atom. The van der Waals surface area contributed by atoms with Crippen LogP contribution in [0.1, 0.15) is 56.0 Å². The Bertz CT molecular complexity index is 1360. The van der Waals surface area contributed by atoms with Crippen molar-refractivity contribution < 1.29 is 4.79 Å². The molecule has 3 aromatic heterocycles. The van der Waals surface area contributed by atoms with E-state index in [-0.39, 0.29) is 23.3 Å². The number of aromatic amines is 1. The molecule has 1 amide bonds. The van der Waals surface area contributed by atoms with Crippen molar-refractivity contribution in [2.24, 2.45) is 0 Å². The van der Waals surface area contributed by atoms with Crippen molar-refractivity contribution in [3.05, 3.63) is 43.7 Å². The van der Waals surface area contributed by atoms with Gasteiger partial charge in [0, 0.05) is 12.0 Å². The second kappa shape index (κ2) is 7.62. The number of carbonyl (C=O) groups excluding carboxylic acids is 1. The summed E-state index contributed by atoms with van der Waals surface area (Å²) >= 11 is 2.44. The van der Waals surface area contributed by atoms with E-state index in [0.717, 1.165) is 37.4 Å². The van der Waals surface area contributed by atoms with Crippen LogP contribution in [0.15, 0.2) is 26.1 Å². The molecule has 158 valence electrons. The number of fused-ring (bicyclic) bond motifs is 1. The maximum absolute atomic E-state index is 12.8. The third-order valence-electron chi connectivity index (χ3n) is 5.30. The molecule has 5 rings (SSSR count). The third-order valence-corrected chi connectivity index (χ3v) is 7.22. The number of thiophene rings is 1. The molecule has 9 nitrogen and oxygen atoms in total. The Labute approximate surface area is 184 Å². The molecule has 0 bridgehead atoms. The van der Waals surface area contributed by atoms with Crippen LogP contribution < -0.4 is 16.6 Å². The number of hydrogen-bond acceptors (Lipinski definition) is 8. The highest BCUT2D eigenvalue weighted by Crippen LogP contribution is 2.41. The number of carbonyl (C=O) groups is 1. The minimum atomic E-state index is -0.584. The van der Waals surface area contributed by atoms with Gasteiger partial charge < -0.3 is 5.32 Å². The van der Waals surface area contributed by atoms with Crippen molar-refractivity contribution in [3.63, 3.8) is 0 Å². The van der Waals surface area contributed by atoms with E-state index in [1.54, 1.807) is 22.9 Å². The molecule has 3 heterocycles. The van der Waals surface area contributed by atoms with E-state index < -0.39 is 16.5 Å². The first-order chi connectivity index (χ1) is 15.0. The molecule has 0 aromatic carbocycles. The number of nitrogens with zero attached hydrogens (tertiary/aromatic N) is 4. The van der Waals surface area contributed by atoms with Gasteiger partial charge >= 0.3 is 5.69 Å². The zero-order valence-electron chi connectivity index (χ0n) is 16.5. The zero-order chi connectivity index (χ0) is 21.7. The van der Waals surface area contributed by atoms with Crippen LogP contribution in [0.4, 0.5) is 5.00 Å². The molecule has 2 saturated carbocycles. The first-order valence-corrected chi connectivity index (χ1v) is 11.7. The minimum absolute atomic E-state index is 0.0376. The van der Waals surface area contributed by atoms with Crippen LogP contribution in [0.25, 0.3) is 11.0 Å². The second-order valence-corrected chi connectivity index (χ2v) is 9.99. The Morgan fingerprint density at radius 3 is 2.81 bits per heavy atom. The van der Waals surface area contributed by atoms with Gasteiger partial charge in [0.1, 0.15) is 27.3 Å². The maximum Gasteiger partial charge on any atom is 0.330 e. The summed E-state index contributed by atoms with van der Waals surface area (Å²) in [7, 11) is 0. The summed E-state index contributed by atoms with van der Waals surface area (Å²) in [5.74, 6) is 0.543. The predicted molar refractivity (Wildman–Crippen MR) is 118 cm³/mol. The first-order valence-electron chi connectivity index (χ1n) is 9.98. The molecule has 2 aliphatic carbocycles. The number of nitriles is 1. The molecule has 2 aliphatic rings. The molecule has 1 unspecified atom stereocenters. The summed E-state index contributed by atoms with van der Waals surface area (Å²) in [4.78, 5) is 49.5. The fourth-order valence-corrected chi connectivity index (χ4v) is 5.03. The van der Waals surface area contributed by atoms with E-state index in [0.29, 0.717) is 27.1 Å². The van der Waals surface area contributed by atoms with Gasteiger partial charge in [0.15, 0.2) is 5.65 Å². The molecule has 2 N–H and O–H groups in total. The molecule has 0 spiro atoms. The highest BCUT2D eigenvalue weighted by Gasteiger charge is 2.33. The lowest BCUT2D eigenvalue weighted by atomic mass is 10.3. The van der Waals surface area contributed by atoms with Crippen LogP contribution >= 0.6 is 23.1 Å². The van der Waals surface area contributed by atoms with Crippen molar-refractivity contribution in [3.8, 4) is 6.07 Å². The highest BCUT2D eigenvalue weighted by atomic mass is 32.2. The molecule has 0 aliphatic heterocycles. The van der Waals surface area contributed by atoms with Crippen molar-refractivity contribution in [2.75, 3.05) is 5.32 Å². The largest absolute Gasteiger partial charge is 0.330 e. The van der Waals surface area contributed by atoms with Crippen molar-refractivity contribution in [1.82, 2.24) is 19.5 Å². The molecule has 0 saturated heterocycles. The smallest absolute Gasteiger partial charge is 0.316 e. The highest BCUT2D eigenvalue weighted by molar-refractivity contribution is 8.00. The lowest BCUT2D eigenvalue weighted by Gasteiger charge is -2.14. The van der Waals surface area contributed by atoms with Gasteiger partial charge in [0.2, 0.25) is 5.91 Å². The van der Waals surface area contributed by atoms with E-state index >= 15 is 0 Å². The van der Waals surface area contributed by atoms with Crippen LogP contribution in [-0.2, 0) is 4.79 Å². The van der Waals surface area contributed by atoms with Crippen LogP contribution in [0.2, 0.25) is 0 Å². The molecule has 31 heavy (non-hydrogen) atoms. The van der Waals surface area contributed by atoms with Crippen molar-refractivity contribution in [2.45, 2.75) is 54.8 Å². The topological polar surface area (TPSA) is 134 Å². The van der Waals surface area contributed by atoms with Gasteiger partial charge in [0.25, 0.3) is 5.56 Å². The lowest BCUT2D eigenvalue weighted by Crippen LogP contribution is -2.31. The average Bonchev–Trinajstić information content (AvgIpc) is 3.66. The monoisotopic (exact) mass is 454 g/mol. The summed E-state index contributed by atoms with van der Waals surface area (Å²) in [6.45, 7) is 1.72. The second-order valence-electron chi connectivity index (χ2n) is 7.74. The number of nitrogens with one attached hydrogen (secondary N) is 2. The summed E-state index contributed by atoms with van der Waals surface area (Å²) < 4.78 is 1.56. The number of anilines is 1. The van der Waals surface area contributed by atoms with Crippen molar-refractivity contribution >= 4 is 45.0 Å². The lowest BCUT2D eigenvalue weighted by molar-refractivity contribution is -0.115. The normalized spacial score (nSPS) is 16.8. The van der Waals surface area contributed by atoms with Gasteiger partial charge in [0.05, 0.1) is 10.8 Å². The summed E-state index contributed by atoms with van der Waals surface area (Å²) in [6, 6.07) is 3.73. The Hall–Kier alpha value is -2.97. The molecular formula is C20H18N6O3S2. The van der Waals surface area contributed by atoms with Crippen molar-refractivity contribution in [1.29, 1.82) is 5.26 Å². The molecular weight excluding hydrogens is 436 g/mol. The van der Waals surface area contributed by atoms with Gasteiger partial charge in [-0.1, -0.05) is 11.8 Å². The number of aromatic nitrogens is 4. The molecule has 2 fully saturated rings. The fraction of sp³-hybridized carbons (Fsp3) is 0.400. The Balaban J connectivity index is 1.54. The predicted octanol–water partition coefficient (Wildman–Crippen LogP) is 2.74. The van der Waals surface area contributed by atoms with Crippen LogP contribution in [0, 0.1) is 11.3 Å². The summed E-state index contributed by atoms with van der Waals surface area (Å²) in [5, 5.41) is 14.2. The van der Waals surface area contributed by atoms with Gasteiger partial charge in [-0.2, -0.15) is 5.26 Å².